The predicted octanol–water partition coefficient (Wildman–Crippen LogP) is 1.44. The second-order valence-electron chi connectivity index (χ2n) is 5.52. The van der Waals surface area contributed by atoms with Gasteiger partial charge in [-0.05, 0) is 46.8 Å². The molecule has 1 aliphatic heterocycles. The molecule has 0 aliphatic carbocycles. The van der Waals surface area contributed by atoms with E-state index in [4.69, 9.17) is 0 Å². The maximum atomic E-state index is 11.9. The zero-order chi connectivity index (χ0) is 13.8. The Hall–Kier alpha value is -1.10. The molecule has 0 atom stereocenters. The van der Waals surface area contributed by atoms with Crippen LogP contribution in [-0.2, 0) is 4.79 Å². The third-order valence-corrected chi connectivity index (χ3v) is 3.26. The molecule has 5 heteroatoms. The first-order valence-electron chi connectivity index (χ1n) is 6.71. The fourth-order valence-corrected chi connectivity index (χ4v) is 2.06. The molecule has 0 radical (unpaired) electrons. The second-order valence-corrected chi connectivity index (χ2v) is 5.52. The Morgan fingerprint density at radius 1 is 1.22 bits per heavy atom. The molecule has 1 aliphatic rings. The number of carbonyl (C=O) groups excluding carboxylic acids is 2. The summed E-state index contributed by atoms with van der Waals surface area (Å²) in [6.07, 6.45) is 3.20. The van der Waals surface area contributed by atoms with E-state index in [0.29, 0.717) is 6.54 Å². The standard InChI is InChI=1S/C13H25N3O2/c1-5-6-8-15(4)9-7-10-16-11(17)13(2,3)14-12(16)18/h5-10H2,1-4H3,(H,14,18). The van der Waals surface area contributed by atoms with Crippen molar-refractivity contribution in [3.63, 3.8) is 0 Å². The van der Waals surface area contributed by atoms with Gasteiger partial charge in [-0.1, -0.05) is 13.3 Å². The molecule has 1 saturated heterocycles. The summed E-state index contributed by atoms with van der Waals surface area (Å²) in [7, 11) is 2.07. The fourth-order valence-electron chi connectivity index (χ4n) is 2.06. The lowest BCUT2D eigenvalue weighted by Gasteiger charge is -2.19. The number of unbranched alkanes of at least 4 members (excludes halogenated alkanes) is 1. The van der Waals surface area contributed by atoms with Gasteiger partial charge >= 0.3 is 6.03 Å². The van der Waals surface area contributed by atoms with Crippen LogP contribution in [0.15, 0.2) is 0 Å². The number of nitrogens with one attached hydrogen (secondary N) is 1. The highest BCUT2D eigenvalue weighted by Gasteiger charge is 2.43. The topological polar surface area (TPSA) is 52.6 Å². The van der Waals surface area contributed by atoms with Gasteiger partial charge in [0.1, 0.15) is 5.54 Å². The zero-order valence-corrected chi connectivity index (χ0v) is 12.0. The van der Waals surface area contributed by atoms with Gasteiger partial charge in [0.25, 0.3) is 5.91 Å². The van der Waals surface area contributed by atoms with Crippen molar-refractivity contribution in [2.75, 3.05) is 26.7 Å². The number of imide groups is 1. The molecule has 1 heterocycles. The van der Waals surface area contributed by atoms with Gasteiger partial charge in [-0.15, -0.1) is 0 Å². The van der Waals surface area contributed by atoms with Gasteiger partial charge in [0.15, 0.2) is 0 Å². The van der Waals surface area contributed by atoms with Gasteiger partial charge < -0.3 is 10.2 Å². The van der Waals surface area contributed by atoms with Crippen LogP contribution in [-0.4, -0.2) is 54.0 Å². The Morgan fingerprint density at radius 2 is 1.83 bits per heavy atom. The minimum Gasteiger partial charge on any atom is -0.324 e. The molecular weight excluding hydrogens is 230 g/mol. The molecule has 104 valence electrons. The summed E-state index contributed by atoms with van der Waals surface area (Å²) in [6, 6.07) is -0.263. The van der Waals surface area contributed by atoms with Crippen LogP contribution in [0.25, 0.3) is 0 Å². The van der Waals surface area contributed by atoms with Gasteiger partial charge in [-0.25, -0.2) is 4.79 Å². The van der Waals surface area contributed by atoms with Gasteiger partial charge in [-0.2, -0.15) is 0 Å². The molecule has 1 N–H and O–H groups in total. The Morgan fingerprint density at radius 3 is 2.33 bits per heavy atom. The third-order valence-electron chi connectivity index (χ3n) is 3.26. The first-order valence-corrected chi connectivity index (χ1v) is 6.71. The van der Waals surface area contributed by atoms with Crippen molar-refractivity contribution in [3.05, 3.63) is 0 Å². The summed E-state index contributed by atoms with van der Waals surface area (Å²) in [5.74, 6) is -0.122. The average molecular weight is 255 g/mol. The molecule has 0 spiro atoms. The normalized spacial score (nSPS) is 18.6. The minimum absolute atomic E-state index is 0.122. The van der Waals surface area contributed by atoms with Crippen LogP contribution >= 0.6 is 0 Å². The van der Waals surface area contributed by atoms with Crippen molar-refractivity contribution in [1.29, 1.82) is 0 Å². The number of rotatable bonds is 7. The summed E-state index contributed by atoms with van der Waals surface area (Å²) in [5, 5.41) is 2.69. The van der Waals surface area contributed by atoms with Crippen molar-refractivity contribution in [2.24, 2.45) is 0 Å². The monoisotopic (exact) mass is 255 g/mol. The number of amides is 3. The van der Waals surface area contributed by atoms with Crippen LogP contribution in [0.3, 0.4) is 0 Å². The maximum absolute atomic E-state index is 11.9. The molecule has 18 heavy (non-hydrogen) atoms. The van der Waals surface area contributed by atoms with Crippen LogP contribution in [0.5, 0.6) is 0 Å². The summed E-state index contributed by atoms with van der Waals surface area (Å²) in [6.45, 7) is 8.13. The number of urea groups is 1. The van der Waals surface area contributed by atoms with E-state index < -0.39 is 5.54 Å². The summed E-state index contributed by atoms with van der Waals surface area (Å²) in [5.41, 5.74) is -0.745. The lowest BCUT2D eigenvalue weighted by molar-refractivity contribution is -0.130. The molecule has 0 aromatic carbocycles. The third kappa shape index (κ3) is 3.70. The molecule has 1 rings (SSSR count). The first kappa shape index (κ1) is 15.0. The van der Waals surface area contributed by atoms with E-state index in [0.717, 1.165) is 19.5 Å². The highest BCUT2D eigenvalue weighted by atomic mass is 16.2. The molecule has 3 amide bonds. The van der Waals surface area contributed by atoms with Gasteiger partial charge in [0.05, 0.1) is 0 Å². The fraction of sp³-hybridized carbons (Fsp3) is 0.846. The number of carbonyl (C=O) groups is 2. The molecular formula is C13H25N3O2. The van der Waals surface area contributed by atoms with Crippen LogP contribution in [0.2, 0.25) is 0 Å². The first-order chi connectivity index (χ1) is 8.38. The highest BCUT2D eigenvalue weighted by Crippen LogP contribution is 2.16. The highest BCUT2D eigenvalue weighted by molar-refractivity contribution is 6.06. The lowest BCUT2D eigenvalue weighted by atomic mass is 10.1. The lowest BCUT2D eigenvalue weighted by Crippen LogP contribution is -2.40. The van der Waals surface area contributed by atoms with E-state index in [2.05, 4.69) is 24.2 Å². The molecule has 0 bridgehead atoms. The smallest absolute Gasteiger partial charge is 0.324 e. The number of hydrogen-bond acceptors (Lipinski definition) is 3. The molecule has 0 aromatic rings. The van der Waals surface area contributed by atoms with Gasteiger partial charge in [0.2, 0.25) is 0 Å². The molecule has 5 nitrogen and oxygen atoms in total. The summed E-state index contributed by atoms with van der Waals surface area (Å²) >= 11 is 0. The molecule has 1 fully saturated rings. The Balaban J connectivity index is 2.32. The molecule has 0 aromatic heterocycles. The van der Waals surface area contributed by atoms with E-state index in [1.165, 1.54) is 17.7 Å². The van der Waals surface area contributed by atoms with E-state index in [9.17, 15) is 9.59 Å². The largest absolute Gasteiger partial charge is 0.325 e. The number of nitrogens with zero attached hydrogens (tertiary/aromatic N) is 2. The average Bonchev–Trinajstić information content (AvgIpc) is 2.48. The van der Waals surface area contributed by atoms with E-state index >= 15 is 0 Å². The second kappa shape index (κ2) is 6.18. The van der Waals surface area contributed by atoms with Crippen molar-refractivity contribution < 1.29 is 9.59 Å². The quantitative estimate of drug-likeness (QED) is 0.700. The van der Waals surface area contributed by atoms with Gasteiger partial charge in [-0.3, -0.25) is 9.69 Å². The van der Waals surface area contributed by atoms with Crippen molar-refractivity contribution in [3.8, 4) is 0 Å². The van der Waals surface area contributed by atoms with Gasteiger partial charge in [0, 0.05) is 6.54 Å². The Bertz CT molecular complexity index is 315. The summed E-state index contributed by atoms with van der Waals surface area (Å²) < 4.78 is 0. The molecule has 0 unspecified atom stereocenters. The Labute approximate surface area is 110 Å². The Kier molecular flexibility index (Phi) is 5.14. The van der Waals surface area contributed by atoms with E-state index in [1.807, 2.05) is 0 Å². The van der Waals surface area contributed by atoms with Crippen LogP contribution in [0.4, 0.5) is 4.79 Å². The number of hydrogen-bond donors (Lipinski definition) is 1. The summed E-state index contributed by atoms with van der Waals surface area (Å²) in [4.78, 5) is 27.1. The van der Waals surface area contributed by atoms with Crippen molar-refractivity contribution >= 4 is 11.9 Å². The van der Waals surface area contributed by atoms with E-state index in [1.54, 1.807) is 13.8 Å². The SMILES string of the molecule is CCCCN(C)CCCN1C(=O)NC(C)(C)C1=O. The zero-order valence-electron chi connectivity index (χ0n) is 12.0. The predicted molar refractivity (Wildman–Crippen MR) is 71.3 cm³/mol. The minimum atomic E-state index is -0.745. The molecule has 0 saturated carbocycles. The van der Waals surface area contributed by atoms with Crippen molar-refractivity contribution in [2.45, 2.75) is 45.6 Å². The maximum Gasteiger partial charge on any atom is 0.325 e. The van der Waals surface area contributed by atoms with Crippen molar-refractivity contribution in [1.82, 2.24) is 15.1 Å². The van der Waals surface area contributed by atoms with E-state index in [-0.39, 0.29) is 11.9 Å². The van der Waals surface area contributed by atoms with Crippen LogP contribution in [0, 0.1) is 0 Å². The van der Waals surface area contributed by atoms with Crippen LogP contribution in [0.1, 0.15) is 40.0 Å². The van der Waals surface area contributed by atoms with Crippen LogP contribution < -0.4 is 5.32 Å².